The maximum Gasteiger partial charge on any atom is 0.573 e. The molecule has 1 fully saturated rings. The van der Waals surface area contributed by atoms with Crippen molar-refractivity contribution in [1.82, 2.24) is 4.72 Å². The molecule has 5 rings (SSSR count). The van der Waals surface area contributed by atoms with Crippen LogP contribution >= 0.6 is 0 Å². The van der Waals surface area contributed by atoms with Crippen molar-refractivity contribution in [2.45, 2.75) is 55.2 Å². The number of hydrogen-bond donors (Lipinski definition) is 1. The molecule has 12 heteroatoms. The Labute approximate surface area is 235 Å². The topological polar surface area (TPSA) is 84.9 Å². The van der Waals surface area contributed by atoms with Gasteiger partial charge < -0.3 is 14.4 Å². The van der Waals surface area contributed by atoms with Gasteiger partial charge in [0.15, 0.2) is 11.6 Å². The first kappa shape index (κ1) is 28.9. The van der Waals surface area contributed by atoms with E-state index in [1.54, 1.807) is 29.2 Å². The molecule has 0 unspecified atom stereocenters. The van der Waals surface area contributed by atoms with Crippen molar-refractivity contribution in [2.75, 3.05) is 18.5 Å². The van der Waals surface area contributed by atoms with Gasteiger partial charge in [0.25, 0.3) is 0 Å². The number of hydrogen-bond acceptors (Lipinski definition) is 5. The summed E-state index contributed by atoms with van der Waals surface area (Å²) in [6.45, 7) is 0.518. The van der Waals surface area contributed by atoms with E-state index in [0.717, 1.165) is 54.6 Å². The van der Waals surface area contributed by atoms with Crippen LogP contribution in [-0.4, -0.2) is 34.3 Å². The maximum atomic E-state index is 13.8. The molecular formula is C29H28F4N2O5S. The summed E-state index contributed by atoms with van der Waals surface area (Å²) in [6, 6.07) is 14.5. The molecule has 0 atom stereocenters. The lowest BCUT2D eigenvalue weighted by Crippen LogP contribution is -2.35. The second kappa shape index (κ2) is 11.0. The van der Waals surface area contributed by atoms with Crippen LogP contribution in [0.5, 0.6) is 17.2 Å². The first-order valence-electron chi connectivity index (χ1n) is 13.1. The first-order valence-corrected chi connectivity index (χ1v) is 14.6. The number of carbonyl (C=O) groups is 1. The van der Waals surface area contributed by atoms with Crippen LogP contribution in [-0.2, 0) is 26.7 Å². The van der Waals surface area contributed by atoms with Crippen molar-refractivity contribution < 1.29 is 40.2 Å². The van der Waals surface area contributed by atoms with Crippen LogP contribution in [0, 0.1) is 5.82 Å². The number of aryl methyl sites for hydroxylation is 1. The number of alkyl halides is 3. The van der Waals surface area contributed by atoms with Crippen molar-refractivity contribution in [3.8, 4) is 17.2 Å². The highest BCUT2D eigenvalue weighted by molar-refractivity contribution is 7.89. The van der Waals surface area contributed by atoms with Crippen molar-refractivity contribution in [3.05, 3.63) is 77.6 Å². The van der Waals surface area contributed by atoms with Crippen LogP contribution in [0.25, 0.3) is 0 Å². The Morgan fingerprint density at radius 3 is 2.32 bits per heavy atom. The van der Waals surface area contributed by atoms with Crippen LogP contribution in [0.15, 0.2) is 65.6 Å². The maximum absolute atomic E-state index is 13.8. The fraction of sp³-hybridized carbons (Fsp3) is 0.345. The van der Waals surface area contributed by atoms with Crippen molar-refractivity contribution in [2.24, 2.45) is 0 Å². The predicted molar refractivity (Wildman–Crippen MR) is 143 cm³/mol. The second-order valence-corrected chi connectivity index (χ2v) is 12.1. The van der Waals surface area contributed by atoms with Crippen LogP contribution in [0.2, 0.25) is 0 Å². The molecule has 2 aliphatic rings. The Hall–Kier alpha value is -3.64. The number of nitrogens with one attached hydrogen (secondary N) is 1. The third-order valence-electron chi connectivity index (χ3n) is 7.65. The quantitative estimate of drug-likeness (QED) is 0.314. The van der Waals surface area contributed by atoms with Gasteiger partial charge in [0.1, 0.15) is 11.5 Å². The number of rotatable bonds is 8. The molecule has 1 saturated carbocycles. The number of halogens is 4. The highest BCUT2D eigenvalue weighted by atomic mass is 32.2. The smallest absolute Gasteiger partial charge is 0.457 e. The van der Waals surface area contributed by atoms with E-state index in [0.29, 0.717) is 18.7 Å². The molecule has 7 nitrogen and oxygen atoms in total. The zero-order valence-corrected chi connectivity index (χ0v) is 22.9. The lowest BCUT2D eigenvalue weighted by atomic mass is 9.81. The molecule has 1 aliphatic carbocycles. The fourth-order valence-corrected chi connectivity index (χ4v) is 6.37. The van der Waals surface area contributed by atoms with Crippen molar-refractivity contribution in [3.63, 3.8) is 0 Å². The van der Waals surface area contributed by atoms with E-state index in [4.69, 9.17) is 4.74 Å². The minimum absolute atomic E-state index is 0.0227. The van der Waals surface area contributed by atoms with Gasteiger partial charge in [0.2, 0.25) is 15.9 Å². The van der Waals surface area contributed by atoms with Crippen LogP contribution in [0.1, 0.15) is 43.2 Å². The summed E-state index contributed by atoms with van der Waals surface area (Å²) in [5, 5.41) is 0. The second-order valence-electron chi connectivity index (χ2n) is 10.2. The molecule has 0 radical (unpaired) electrons. The third-order valence-corrected chi connectivity index (χ3v) is 9.08. The first-order chi connectivity index (χ1) is 19.4. The summed E-state index contributed by atoms with van der Waals surface area (Å²) in [4.78, 5) is 15.3. The van der Waals surface area contributed by atoms with Crippen molar-refractivity contribution in [1.29, 1.82) is 0 Å². The van der Waals surface area contributed by atoms with E-state index >= 15 is 0 Å². The van der Waals surface area contributed by atoms with Gasteiger partial charge in [-0.1, -0.05) is 25.0 Å². The Balaban J connectivity index is 1.34. The molecule has 218 valence electrons. The molecular weight excluding hydrogens is 564 g/mol. The molecule has 0 bridgehead atoms. The summed E-state index contributed by atoms with van der Waals surface area (Å²) in [5.41, 5.74) is 2.29. The van der Waals surface area contributed by atoms with Gasteiger partial charge >= 0.3 is 6.36 Å². The lowest BCUT2D eigenvalue weighted by molar-refractivity contribution is -0.275. The summed E-state index contributed by atoms with van der Waals surface area (Å²) < 4.78 is 87.5. The molecule has 1 amide bonds. The standard InChI is InChI=1S/C29H28F4N2O5S/c1-34-41(37,38)22-9-4-19(5-10-22)6-13-27(36)35-18-28(14-2-3-15-28)23-16-20(8-12-25(23)35)39-21-7-11-24(30)26(17-21)40-29(31,32)33/h4-5,7-12,16-17,34H,2-3,6,13-15,18H2,1H3. The highest BCUT2D eigenvalue weighted by Crippen LogP contribution is 2.52. The molecule has 3 aromatic rings. The minimum atomic E-state index is -5.05. The van der Waals surface area contributed by atoms with Crippen LogP contribution < -0.4 is 19.1 Å². The monoisotopic (exact) mass is 592 g/mol. The Morgan fingerprint density at radius 2 is 1.66 bits per heavy atom. The molecule has 3 aromatic carbocycles. The van der Waals surface area contributed by atoms with Gasteiger partial charge in [-0.15, -0.1) is 13.2 Å². The minimum Gasteiger partial charge on any atom is -0.457 e. The number of fused-ring (bicyclic) bond motifs is 2. The van der Waals surface area contributed by atoms with Gasteiger partial charge in [-0.3, -0.25) is 4.79 Å². The Morgan fingerprint density at radius 1 is 1.00 bits per heavy atom. The summed E-state index contributed by atoms with van der Waals surface area (Å²) in [5.74, 6) is -1.89. The largest absolute Gasteiger partial charge is 0.573 e. The fourth-order valence-electron chi connectivity index (χ4n) is 5.64. The molecule has 1 N–H and O–H groups in total. The van der Waals surface area contributed by atoms with Gasteiger partial charge in [-0.25, -0.2) is 17.5 Å². The SMILES string of the molecule is CNS(=O)(=O)c1ccc(CCC(=O)N2CC3(CCCC3)c3cc(Oc4ccc(F)c(OC(F)(F)F)c4)ccc32)cc1. The van der Waals surface area contributed by atoms with E-state index in [-0.39, 0.29) is 28.4 Å². The molecule has 0 saturated heterocycles. The Bertz CT molecular complexity index is 1550. The highest BCUT2D eigenvalue weighted by Gasteiger charge is 2.46. The van der Waals surface area contributed by atoms with E-state index < -0.39 is 28.0 Å². The zero-order valence-electron chi connectivity index (χ0n) is 22.1. The Kier molecular flexibility index (Phi) is 7.73. The van der Waals surface area contributed by atoms with Gasteiger partial charge in [0.05, 0.1) is 4.90 Å². The van der Waals surface area contributed by atoms with Crippen LogP contribution in [0.4, 0.5) is 23.2 Å². The number of sulfonamides is 1. The van der Waals surface area contributed by atoms with Gasteiger partial charge in [0, 0.05) is 30.1 Å². The third kappa shape index (κ3) is 6.18. The molecule has 1 spiro atoms. The number of anilines is 1. The number of amides is 1. The number of ether oxygens (including phenoxy) is 2. The summed E-state index contributed by atoms with van der Waals surface area (Å²) in [7, 11) is -2.20. The van der Waals surface area contributed by atoms with E-state index in [1.165, 1.54) is 25.2 Å². The van der Waals surface area contributed by atoms with E-state index in [2.05, 4.69) is 9.46 Å². The number of carbonyl (C=O) groups excluding carboxylic acids is 1. The van der Waals surface area contributed by atoms with Crippen LogP contribution in [0.3, 0.4) is 0 Å². The van der Waals surface area contributed by atoms with E-state index in [9.17, 15) is 30.8 Å². The van der Waals surface area contributed by atoms with Crippen molar-refractivity contribution >= 4 is 21.6 Å². The summed E-state index contributed by atoms with van der Waals surface area (Å²) >= 11 is 0. The predicted octanol–water partition coefficient (Wildman–Crippen LogP) is 6.22. The average molecular weight is 593 g/mol. The molecule has 0 aromatic heterocycles. The number of nitrogens with zero attached hydrogens (tertiary/aromatic N) is 1. The van der Waals surface area contributed by atoms with Gasteiger partial charge in [-0.2, -0.15) is 0 Å². The van der Waals surface area contributed by atoms with E-state index in [1.807, 2.05) is 6.07 Å². The number of benzene rings is 3. The molecule has 41 heavy (non-hydrogen) atoms. The van der Waals surface area contributed by atoms with Gasteiger partial charge in [-0.05, 0) is 79.9 Å². The molecule has 1 aliphatic heterocycles. The molecule has 1 heterocycles. The summed E-state index contributed by atoms with van der Waals surface area (Å²) in [6.07, 6.45) is -0.609. The zero-order chi connectivity index (χ0) is 29.4. The lowest BCUT2D eigenvalue weighted by Gasteiger charge is -2.25. The normalized spacial score (nSPS) is 16.2. The average Bonchev–Trinajstić information content (AvgIpc) is 3.54.